The average molecular weight is 354 g/mol. The standard InChI is InChI=1S/C12H14BrClN2O.ClH/c1-15-8-5-6-16(7-8)12(17)9-3-2-4-10(13)11(9)14;/h2-4,8,15H,5-7H2,1H3;1H. The molecule has 100 valence electrons. The van der Waals surface area contributed by atoms with E-state index in [2.05, 4.69) is 21.2 Å². The van der Waals surface area contributed by atoms with Gasteiger partial charge in [-0.1, -0.05) is 17.7 Å². The van der Waals surface area contributed by atoms with Gasteiger partial charge < -0.3 is 10.2 Å². The molecule has 0 saturated carbocycles. The van der Waals surface area contributed by atoms with Crippen LogP contribution in [0.1, 0.15) is 16.8 Å². The van der Waals surface area contributed by atoms with E-state index >= 15 is 0 Å². The fraction of sp³-hybridized carbons (Fsp3) is 0.417. The third-order valence-electron chi connectivity index (χ3n) is 3.07. The average Bonchev–Trinajstić information content (AvgIpc) is 2.80. The van der Waals surface area contributed by atoms with E-state index < -0.39 is 0 Å². The third-order valence-corrected chi connectivity index (χ3v) is 4.36. The second-order valence-corrected chi connectivity index (χ2v) is 5.36. The van der Waals surface area contributed by atoms with Crippen LogP contribution in [0.15, 0.2) is 22.7 Å². The third kappa shape index (κ3) is 3.18. The molecule has 0 spiro atoms. The minimum atomic E-state index is 0. The van der Waals surface area contributed by atoms with Crippen molar-refractivity contribution in [1.82, 2.24) is 10.2 Å². The van der Waals surface area contributed by atoms with Crippen molar-refractivity contribution in [3.05, 3.63) is 33.3 Å². The molecule has 1 unspecified atom stereocenters. The maximum atomic E-state index is 12.3. The Hall–Kier alpha value is -0.290. The highest BCUT2D eigenvalue weighted by Crippen LogP contribution is 2.27. The lowest BCUT2D eigenvalue weighted by Gasteiger charge is -2.17. The smallest absolute Gasteiger partial charge is 0.255 e. The molecule has 1 aliphatic heterocycles. The van der Waals surface area contributed by atoms with E-state index in [1.54, 1.807) is 6.07 Å². The van der Waals surface area contributed by atoms with Gasteiger partial charge in [-0.05, 0) is 41.5 Å². The number of likely N-dealkylation sites (N-methyl/N-ethyl adjacent to an activating group) is 1. The molecule has 0 aromatic heterocycles. The van der Waals surface area contributed by atoms with Crippen LogP contribution in [0, 0.1) is 0 Å². The summed E-state index contributed by atoms with van der Waals surface area (Å²) in [5.41, 5.74) is 0.567. The first-order valence-corrected chi connectivity index (χ1v) is 6.71. The zero-order valence-corrected chi connectivity index (χ0v) is 13.1. The van der Waals surface area contributed by atoms with Crippen molar-refractivity contribution in [3.8, 4) is 0 Å². The summed E-state index contributed by atoms with van der Waals surface area (Å²) in [4.78, 5) is 14.1. The number of benzene rings is 1. The zero-order chi connectivity index (χ0) is 12.4. The monoisotopic (exact) mass is 352 g/mol. The Kier molecular flexibility index (Phi) is 5.92. The van der Waals surface area contributed by atoms with Crippen LogP contribution in [-0.4, -0.2) is 37.0 Å². The minimum absolute atomic E-state index is 0. The first kappa shape index (κ1) is 15.8. The van der Waals surface area contributed by atoms with Crippen LogP contribution in [0.2, 0.25) is 5.02 Å². The lowest BCUT2D eigenvalue weighted by atomic mass is 10.2. The molecule has 1 heterocycles. The number of halogens is 3. The van der Waals surface area contributed by atoms with Crippen LogP contribution in [0.5, 0.6) is 0 Å². The van der Waals surface area contributed by atoms with Crippen molar-refractivity contribution < 1.29 is 4.79 Å². The van der Waals surface area contributed by atoms with Crippen molar-refractivity contribution in [2.24, 2.45) is 0 Å². The summed E-state index contributed by atoms with van der Waals surface area (Å²) in [5, 5.41) is 3.68. The van der Waals surface area contributed by atoms with Crippen molar-refractivity contribution in [3.63, 3.8) is 0 Å². The Morgan fingerprint density at radius 3 is 2.89 bits per heavy atom. The van der Waals surface area contributed by atoms with Gasteiger partial charge in [0.2, 0.25) is 0 Å². The van der Waals surface area contributed by atoms with E-state index in [0.717, 1.165) is 24.0 Å². The van der Waals surface area contributed by atoms with Crippen molar-refractivity contribution in [1.29, 1.82) is 0 Å². The number of nitrogens with zero attached hydrogens (tertiary/aromatic N) is 1. The SMILES string of the molecule is CNC1CCN(C(=O)c2cccc(Br)c2Cl)C1.Cl. The molecule has 3 nitrogen and oxygen atoms in total. The van der Waals surface area contributed by atoms with Gasteiger partial charge in [-0.25, -0.2) is 0 Å². The van der Waals surface area contributed by atoms with Gasteiger partial charge >= 0.3 is 0 Å². The van der Waals surface area contributed by atoms with Gasteiger partial charge in [0.25, 0.3) is 5.91 Å². The van der Waals surface area contributed by atoms with Gasteiger partial charge in [-0.15, -0.1) is 12.4 Å². The van der Waals surface area contributed by atoms with E-state index in [4.69, 9.17) is 11.6 Å². The molecule has 1 fully saturated rings. The molecular formula is C12H15BrCl2N2O. The molecule has 6 heteroatoms. The van der Waals surface area contributed by atoms with Crippen molar-refractivity contribution in [2.75, 3.05) is 20.1 Å². The van der Waals surface area contributed by atoms with Crippen LogP contribution in [0.4, 0.5) is 0 Å². The predicted octanol–water partition coefficient (Wildman–Crippen LogP) is 2.96. The maximum Gasteiger partial charge on any atom is 0.255 e. The van der Waals surface area contributed by atoms with E-state index in [1.807, 2.05) is 24.1 Å². The molecule has 18 heavy (non-hydrogen) atoms. The van der Waals surface area contributed by atoms with Gasteiger partial charge in [-0.2, -0.15) is 0 Å². The maximum absolute atomic E-state index is 12.3. The van der Waals surface area contributed by atoms with Crippen LogP contribution >= 0.6 is 39.9 Å². The predicted molar refractivity (Wildman–Crippen MR) is 79.8 cm³/mol. The number of hydrogen-bond donors (Lipinski definition) is 1. The van der Waals surface area contributed by atoms with Crippen molar-refractivity contribution in [2.45, 2.75) is 12.5 Å². The topological polar surface area (TPSA) is 32.3 Å². The largest absolute Gasteiger partial charge is 0.337 e. The summed E-state index contributed by atoms with van der Waals surface area (Å²) < 4.78 is 0.759. The lowest BCUT2D eigenvalue weighted by Crippen LogP contribution is -2.33. The van der Waals surface area contributed by atoms with Gasteiger partial charge in [-0.3, -0.25) is 4.79 Å². The van der Waals surface area contributed by atoms with Gasteiger partial charge in [0.05, 0.1) is 10.6 Å². The second-order valence-electron chi connectivity index (χ2n) is 4.13. The molecule has 0 radical (unpaired) electrons. The van der Waals surface area contributed by atoms with E-state index in [1.165, 1.54) is 0 Å². The molecule has 1 saturated heterocycles. The number of nitrogens with one attached hydrogen (secondary N) is 1. The van der Waals surface area contributed by atoms with Crippen LogP contribution in [0.3, 0.4) is 0 Å². The molecule has 1 aromatic carbocycles. The van der Waals surface area contributed by atoms with Crippen LogP contribution < -0.4 is 5.32 Å². The first-order valence-electron chi connectivity index (χ1n) is 5.54. The first-order chi connectivity index (χ1) is 8.13. The minimum Gasteiger partial charge on any atom is -0.337 e. The van der Waals surface area contributed by atoms with Gasteiger partial charge in [0.15, 0.2) is 0 Å². The summed E-state index contributed by atoms with van der Waals surface area (Å²) in [7, 11) is 1.92. The Labute approximate surface area is 126 Å². The number of amides is 1. The number of carbonyl (C=O) groups is 1. The highest BCUT2D eigenvalue weighted by molar-refractivity contribution is 9.10. The van der Waals surface area contributed by atoms with Gasteiger partial charge in [0.1, 0.15) is 0 Å². The molecule has 2 rings (SSSR count). The summed E-state index contributed by atoms with van der Waals surface area (Å²) in [5.74, 6) is 0.00838. The van der Waals surface area contributed by atoms with Crippen LogP contribution in [-0.2, 0) is 0 Å². The van der Waals surface area contributed by atoms with Crippen LogP contribution in [0.25, 0.3) is 0 Å². The Bertz CT molecular complexity index is 442. The Morgan fingerprint density at radius 1 is 1.56 bits per heavy atom. The quantitative estimate of drug-likeness (QED) is 0.886. The Morgan fingerprint density at radius 2 is 2.28 bits per heavy atom. The highest BCUT2D eigenvalue weighted by Gasteiger charge is 2.27. The van der Waals surface area contributed by atoms with Gasteiger partial charge in [0, 0.05) is 23.6 Å². The number of hydrogen-bond acceptors (Lipinski definition) is 2. The number of carbonyl (C=O) groups excluding carboxylic acids is 1. The summed E-state index contributed by atoms with van der Waals surface area (Å²) in [6, 6.07) is 5.82. The lowest BCUT2D eigenvalue weighted by molar-refractivity contribution is 0.0790. The molecule has 1 aromatic rings. The molecule has 0 aliphatic carbocycles. The molecule has 0 bridgehead atoms. The highest BCUT2D eigenvalue weighted by atomic mass is 79.9. The Balaban J connectivity index is 0.00000162. The molecule has 1 atom stereocenters. The van der Waals surface area contributed by atoms with E-state index in [0.29, 0.717) is 16.6 Å². The van der Waals surface area contributed by atoms with Crippen molar-refractivity contribution >= 4 is 45.8 Å². The number of rotatable bonds is 2. The second kappa shape index (κ2) is 6.75. The normalized spacial score (nSPS) is 18.6. The summed E-state index contributed by atoms with van der Waals surface area (Å²) in [6.07, 6.45) is 0.994. The summed E-state index contributed by atoms with van der Waals surface area (Å²) >= 11 is 9.46. The fourth-order valence-corrected chi connectivity index (χ4v) is 2.59. The zero-order valence-electron chi connectivity index (χ0n) is 9.95. The molecule has 1 N–H and O–H groups in total. The van der Waals surface area contributed by atoms with E-state index in [-0.39, 0.29) is 18.3 Å². The molecular weight excluding hydrogens is 339 g/mol. The fourth-order valence-electron chi connectivity index (χ4n) is 2.02. The molecule has 1 aliphatic rings. The summed E-state index contributed by atoms with van der Waals surface area (Å²) in [6.45, 7) is 1.53. The molecule has 1 amide bonds. The number of likely N-dealkylation sites (tertiary alicyclic amines) is 1. The van der Waals surface area contributed by atoms with E-state index in [9.17, 15) is 4.79 Å².